The molecule has 0 aliphatic heterocycles. The predicted octanol–water partition coefficient (Wildman–Crippen LogP) is 4.29. The molecule has 9 nitrogen and oxygen atoms in total. The molecule has 0 spiro atoms. The topological polar surface area (TPSA) is 117 Å². The molecule has 0 saturated heterocycles. The van der Waals surface area contributed by atoms with Gasteiger partial charge >= 0.3 is 5.97 Å². The Balaban J connectivity index is 1.75. The third-order valence-corrected chi connectivity index (χ3v) is 5.80. The molecule has 0 bridgehead atoms. The maximum atomic E-state index is 12.3. The molecule has 1 aromatic heterocycles. The zero-order valence-electron chi connectivity index (χ0n) is 18.3. The molecule has 0 radical (unpaired) electrons. The number of anilines is 1. The average Bonchev–Trinajstić information content (AvgIpc) is 3.29. The van der Waals surface area contributed by atoms with Crippen molar-refractivity contribution < 1.29 is 19.6 Å². The Hall–Kier alpha value is -3.79. The van der Waals surface area contributed by atoms with Crippen molar-refractivity contribution in [3.8, 4) is 11.3 Å². The van der Waals surface area contributed by atoms with Crippen LogP contribution in [0.2, 0.25) is 0 Å². The number of hydrogen-bond acceptors (Lipinski definition) is 7. The van der Waals surface area contributed by atoms with Crippen LogP contribution in [0.15, 0.2) is 53.9 Å². The number of nitro benzene ring substituents is 1. The van der Waals surface area contributed by atoms with Gasteiger partial charge < -0.3 is 14.9 Å². The lowest BCUT2D eigenvalue weighted by atomic mass is 10.1. The number of amides is 1. The number of non-ortho nitro benzene ring substituents is 1. The van der Waals surface area contributed by atoms with Gasteiger partial charge in [-0.3, -0.25) is 19.7 Å². The number of nitro groups is 1. The Morgan fingerprint density at radius 3 is 2.55 bits per heavy atom. The van der Waals surface area contributed by atoms with Crippen molar-refractivity contribution in [2.75, 3.05) is 25.0 Å². The molecule has 1 heterocycles. The molecule has 10 heteroatoms. The van der Waals surface area contributed by atoms with E-state index in [1.54, 1.807) is 24.3 Å². The Kier molecular flexibility index (Phi) is 7.73. The van der Waals surface area contributed by atoms with Gasteiger partial charge in [-0.2, -0.15) is 0 Å². The van der Waals surface area contributed by atoms with Crippen molar-refractivity contribution in [1.82, 2.24) is 9.88 Å². The van der Waals surface area contributed by atoms with E-state index in [1.165, 1.54) is 30.5 Å². The number of nitrogens with zero attached hydrogens (tertiary/aromatic N) is 4. The number of likely N-dealkylation sites (N-methyl/N-ethyl adjacent to an activating group) is 1. The van der Waals surface area contributed by atoms with E-state index in [0.29, 0.717) is 23.4 Å². The minimum absolute atomic E-state index is 0.0242. The van der Waals surface area contributed by atoms with Gasteiger partial charge in [0.05, 0.1) is 10.6 Å². The van der Waals surface area contributed by atoms with Crippen LogP contribution in [-0.4, -0.2) is 51.9 Å². The van der Waals surface area contributed by atoms with E-state index in [9.17, 15) is 19.7 Å². The van der Waals surface area contributed by atoms with Gasteiger partial charge in [-0.15, -0.1) is 11.3 Å². The van der Waals surface area contributed by atoms with Crippen LogP contribution in [0.25, 0.3) is 11.3 Å². The fraction of sp³-hybridized carbons (Fsp3) is 0.261. The number of aliphatic carboxylic acids is 1. The molecule has 0 saturated carbocycles. The molecule has 33 heavy (non-hydrogen) atoms. The summed E-state index contributed by atoms with van der Waals surface area (Å²) < 4.78 is 0. The molecule has 0 atom stereocenters. The lowest BCUT2D eigenvalue weighted by Crippen LogP contribution is -2.31. The molecule has 0 unspecified atom stereocenters. The summed E-state index contributed by atoms with van der Waals surface area (Å²) in [6, 6.07) is 13.5. The van der Waals surface area contributed by atoms with Crippen LogP contribution < -0.4 is 4.90 Å². The van der Waals surface area contributed by atoms with Gasteiger partial charge in [0, 0.05) is 48.8 Å². The fourth-order valence-corrected chi connectivity index (χ4v) is 4.16. The van der Waals surface area contributed by atoms with Gasteiger partial charge in [-0.05, 0) is 24.1 Å². The lowest BCUT2D eigenvalue weighted by Gasteiger charge is -2.21. The highest BCUT2D eigenvalue weighted by atomic mass is 32.1. The third kappa shape index (κ3) is 6.13. The number of hydrogen-bond donors (Lipinski definition) is 1. The second-order valence-corrected chi connectivity index (χ2v) is 8.33. The number of carboxylic acids is 1. The molecule has 0 aliphatic rings. The van der Waals surface area contributed by atoms with Crippen molar-refractivity contribution in [2.24, 2.45) is 0 Å². The van der Waals surface area contributed by atoms with Gasteiger partial charge in [0.1, 0.15) is 6.54 Å². The van der Waals surface area contributed by atoms with Gasteiger partial charge in [0.2, 0.25) is 0 Å². The molecule has 2 aromatic carbocycles. The van der Waals surface area contributed by atoms with Crippen molar-refractivity contribution in [1.29, 1.82) is 0 Å². The van der Waals surface area contributed by atoms with Gasteiger partial charge in [-0.25, -0.2) is 4.98 Å². The van der Waals surface area contributed by atoms with Crippen molar-refractivity contribution >= 4 is 34.0 Å². The summed E-state index contributed by atoms with van der Waals surface area (Å²) in [7, 11) is 1.45. The number of carbonyl (C=O) groups excluding carboxylic acids is 1. The summed E-state index contributed by atoms with van der Waals surface area (Å²) in [6.07, 6.45) is 0.905. The smallest absolute Gasteiger partial charge is 0.323 e. The molecular formula is C23H24N4O5S. The van der Waals surface area contributed by atoms with Crippen LogP contribution in [-0.2, 0) is 11.3 Å². The monoisotopic (exact) mass is 468 g/mol. The van der Waals surface area contributed by atoms with E-state index in [2.05, 4.69) is 11.8 Å². The molecule has 0 fully saturated rings. The van der Waals surface area contributed by atoms with Crippen LogP contribution in [0, 0.1) is 10.1 Å². The van der Waals surface area contributed by atoms with E-state index < -0.39 is 10.9 Å². The van der Waals surface area contributed by atoms with E-state index in [0.717, 1.165) is 28.6 Å². The summed E-state index contributed by atoms with van der Waals surface area (Å²) in [5.74, 6) is -1.42. The quantitative estimate of drug-likeness (QED) is 0.348. The number of benzene rings is 2. The molecule has 1 amide bonds. The number of carboxylic acid groups (broad SMARTS) is 1. The highest BCUT2D eigenvalue weighted by molar-refractivity contribution is 7.14. The molecule has 1 N–H and O–H groups in total. The number of aromatic nitrogens is 1. The van der Waals surface area contributed by atoms with Gasteiger partial charge in [0.25, 0.3) is 11.6 Å². The van der Waals surface area contributed by atoms with Crippen LogP contribution in [0.1, 0.15) is 29.3 Å². The second kappa shape index (κ2) is 10.7. The normalized spacial score (nSPS) is 10.6. The van der Waals surface area contributed by atoms with E-state index in [1.807, 2.05) is 17.5 Å². The first-order valence-electron chi connectivity index (χ1n) is 10.3. The number of carbonyl (C=O) groups is 2. The zero-order chi connectivity index (χ0) is 24.0. The minimum Gasteiger partial charge on any atom is -0.480 e. The predicted molar refractivity (Wildman–Crippen MR) is 127 cm³/mol. The maximum Gasteiger partial charge on any atom is 0.323 e. The Morgan fingerprint density at radius 1 is 1.18 bits per heavy atom. The standard InChI is InChI=1S/C23H24N4O5S/c1-3-11-26(13-16-7-9-17(10-8-16)22(30)25(2)14-21(28)29)23-24-20(15-33-23)18-5-4-6-19(12-18)27(31)32/h4-10,12,15H,3,11,13-14H2,1-2H3,(H,28,29). The number of thiazole rings is 1. The highest BCUT2D eigenvalue weighted by Gasteiger charge is 2.16. The third-order valence-electron chi connectivity index (χ3n) is 4.90. The molecule has 0 aliphatic carbocycles. The summed E-state index contributed by atoms with van der Waals surface area (Å²) in [4.78, 5) is 41.8. The lowest BCUT2D eigenvalue weighted by molar-refractivity contribution is -0.384. The van der Waals surface area contributed by atoms with E-state index in [4.69, 9.17) is 10.1 Å². The van der Waals surface area contributed by atoms with Crippen molar-refractivity contribution in [3.63, 3.8) is 0 Å². The van der Waals surface area contributed by atoms with Crippen LogP contribution in [0.5, 0.6) is 0 Å². The van der Waals surface area contributed by atoms with Crippen LogP contribution in [0.4, 0.5) is 10.8 Å². The maximum absolute atomic E-state index is 12.3. The Morgan fingerprint density at radius 2 is 1.91 bits per heavy atom. The zero-order valence-corrected chi connectivity index (χ0v) is 19.1. The van der Waals surface area contributed by atoms with E-state index >= 15 is 0 Å². The summed E-state index contributed by atoms with van der Waals surface area (Å²) in [5.41, 5.74) is 2.80. The molecule has 172 valence electrons. The second-order valence-electron chi connectivity index (χ2n) is 7.50. The highest BCUT2D eigenvalue weighted by Crippen LogP contribution is 2.30. The summed E-state index contributed by atoms with van der Waals surface area (Å²) in [6.45, 7) is 3.06. The molecular weight excluding hydrogens is 444 g/mol. The van der Waals surface area contributed by atoms with Crippen LogP contribution in [0.3, 0.4) is 0 Å². The summed E-state index contributed by atoms with van der Waals surface area (Å²) in [5, 5.41) is 22.6. The summed E-state index contributed by atoms with van der Waals surface area (Å²) >= 11 is 1.47. The van der Waals surface area contributed by atoms with Crippen LogP contribution >= 0.6 is 11.3 Å². The van der Waals surface area contributed by atoms with E-state index in [-0.39, 0.29) is 18.1 Å². The largest absolute Gasteiger partial charge is 0.480 e. The first kappa shape index (κ1) is 23.9. The first-order chi connectivity index (χ1) is 15.8. The fourth-order valence-electron chi connectivity index (χ4n) is 3.30. The van der Waals surface area contributed by atoms with Gasteiger partial charge in [-0.1, -0.05) is 31.2 Å². The minimum atomic E-state index is -1.06. The van der Waals surface area contributed by atoms with Gasteiger partial charge in [0.15, 0.2) is 5.13 Å². The Labute approximate surface area is 195 Å². The first-order valence-corrected chi connectivity index (χ1v) is 11.2. The number of rotatable bonds is 10. The van der Waals surface area contributed by atoms with Crippen molar-refractivity contribution in [2.45, 2.75) is 19.9 Å². The van der Waals surface area contributed by atoms with Crippen molar-refractivity contribution in [3.05, 3.63) is 75.2 Å². The SMILES string of the molecule is CCCN(Cc1ccc(C(=O)N(C)CC(=O)O)cc1)c1nc(-c2cccc([N+](=O)[O-])c2)cs1. The molecule has 3 aromatic rings. The molecule has 3 rings (SSSR count). The Bertz CT molecular complexity index is 1150. The average molecular weight is 469 g/mol.